The molecule has 10 amide bonds. The molecular weight excluding hydrogens is 1160 g/mol. The molecule has 0 aromatic heterocycles. The van der Waals surface area contributed by atoms with Crippen molar-refractivity contribution in [1.29, 1.82) is 0 Å². The number of carbonyl (C=O) groups is 11. The minimum absolute atomic E-state index is 0.0420. The molecule has 26 nitrogen and oxygen atoms in total. The van der Waals surface area contributed by atoms with Gasteiger partial charge >= 0.3 is 5.97 Å². The topological polar surface area (TPSA) is 326 Å². The number of amides is 10. The molecule has 7 N–H and O–H groups in total. The van der Waals surface area contributed by atoms with Crippen LogP contribution in [0.1, 0.15) is 163 Å². The van der Waals surface area contributed by atoms with Crippen LogP contribution in [-0.2, 0) is 62.3 Å². The first kappa shape index (κ1) is 81.8. The number of carboxylic acids is 1. The van der Waals surface area contributed by atoms with Gasteiger partial charge in [0.15, 0.2) is 6.04 Å². The Kier molecular flexibility index (Phi) is 35.0. The highest BCUT2D eigenvalue weighted by molar-refractivity contribution is 5.99. The number of allylic oxidation sites excluding steroid dienone is 2. The van der Waals surface area contributed by atoms with Crippen LogP contribution in [0.25, 0.3) is 0 Å². The SMILES string of the molecule is CC=CC[C@@H](C)[C@H]1ON(C(=O)[C@H](C(C)C)N(C)C(=O)[C@H](CC(C)C)N(C)C(=O)[C@H](CC(C)C)N(C)C(=O)[C@@H](C)NC(=O)[C@H](C)NC(=O)[C@H](CC(C)C)N(C)C(=O)[C@@H](NC(=O)[C@H]([C@H](C)OCCCCO)N(C)C(=O)[C@@H](C)NC)C(C)C)[C@@H]1C(=O)N[C@@H](CC)C(=O)O. The largest absolute Gasteiger partial charge is 0.480 e. The Morgan fingerprint density at radius 3 is 1.51 bits per heavy atom. The summed E-state index contributed by atoms with van der Waals surface area (Å²) in [6, 6.07) is -12.6. The van der Waals surface area contributed by atoms with Gasteiger partial charge in [0.25, 0.3) is 5.91 Å². The fourth-order valence-electron chi connectivity index (χ4n) is 10.9. The van der Waals surface area contributed by atoms with Crippen molar-refractivity contribution in [2.45, 2.75) is 241 Å². The number of aliphatic carboxylic acids is 1. The van der Waals surface area contributed by atoms with Crippen molar-refractivity contribution in [3.8, 4) is 0 Å². The van der Waals surface area contributed by atoms with E-state index in [1.165, 1.54) is 73.6 Å². The number of hydrogen-bond donors (Lipinski definition) is 7. The van der Waals surface area contributed by atoms with E-state index >= 15 is 0 Å². The van der Waals surface area contributed by atoms with Gasteiger partial charge in [0.1, 0.15) is 60.5 Å². The predicted molar refractivity (Wildman–Crippen MR) is 342 cm³/mol. The summed E-state index contributed by atoms with van der Waals surface area (Å²) in [4.78, 5) is 167. The molecule has 1 fully saturated rings. The zero-order valence-electron chi connectivity index (χ0n) is 58.4. The minimum atomic E-state index is -1.25. The number of ether oxygens (including phenoxy) is 1. The molecule has 0 unspecified atom stereocenters. The second-order valence-electron chi connectivity index (χ2n) is 26.3. The summed E-state index contributed by atoms with van der Waals surface area (Å²) in [5.74, 6) is -9.40. The number of hydroxylamine groups is 2. The summed E-state index contributed by atoms with van der Waals surface area (Å²) in [7, 11) is 8.84. The quantitative estimate of drug-likeness (QED) is 0.0344. The van der Waals surface area contributed by atoms with Crippen molar-refractivity contribution in [1.82, 2.24) is 56.1 Å². The number of unbranched alkanes of at least 4 members (excludes halogenated alkanes) is 1. The lowest BCUT2D eigenvalue weighted by Gasteiger charge is -2.50. The number of nitrogens with one attached hydrogen (secondary N) is 5. The third-order valence-corrected chi connectivity index (χ3v) is 16.6. The van der Waals surface area contributed by atoms with E-state index in [4.69, 9.17) is 9.57 Å². The van der Waals surface area contributed by atoms with E-state index in [-0.39, 0.29) is 62.6 Å². The lowest BCUT2D eigenvalue weighted by molar-refractivity contribution is -0.321. The Balaban J connectivity index is 3.52. The van der Waals surface area contributed by atoms with Crippen LogP contribution in [0, 0.1) is 35.5 Å². The van der Waals surface area contributed by atoms with Gasteiger partial charge in [-0.05, 0) is 122 Å². The highest BCUT2D eigenvalue weighted by atomic mass is 16.7. The molecule has 0 aliphatic carbocycles. The van der Waals surface area contributed by atoms with E-state index < -0.39 is 156 Å². The molecule has 516 valence electrons. The standard InChI is InChI=1S/C64H115N11O15/c1-24-26-29-40(13)53-52(57(80)68-45(25-2)64(87)88)75(90-53)63(86)50(39(11)12)73(22)61(84)48(34-37(7)8)72(21)60(83)47(33-36(5)6)71(20)59(82)43(16)67-54(77)41(14)66-55(78)46(32-35(3)4)70(19)62(85)49(38(9)10)69-56(79)51(44(17)89-31-28-27-30-76)74(23)58(81)42(15)65-18/h24,26,35-53,65,76H,25,27-34H2,1-23H3,(H,66,78)(H,67,77)(H,68,80)(H,69,79)(H,87,88)/t40-,41+,42-,43-,44+,45+,46+,47+,48+,49+,50+,51+,52+,53-/m1/s1. The molecule has 0 radical (unpaired) electrons. The average Bonchev–Trinajstić information content (AvgIpc) is 0.861. The van der Waals surface area contributed by atoms with Crippen LogP contribution in [0.15, 0.2) is 12.2 Å². The van der Waals surface area contributed by atoms with Gasteiger partial charge in [0, 0.05) is 48.5 Å². The summed E-state index contributed by atoms with van der Waals surface area (Å²) < 4.78 is 5.97. The summed E-state index contributed by atoms with van der Waals surface area (Å²) in [6.07, 6.45) is 4.13. The summed E-state index contributed by atoms with van der Waals surface area (Å²) in [5.41, 5.74) is 0. The third kappa shape index (κ3) is 23.1. The first-order chi connectivity index (χ1) is 41.8. The highest BCUT2D eigenvalue weighted by Gasteiger charge is 2.54. The first-order valence-electron chi connectivity index (χ1n) is 32.1. The van der Waals surface area contributed by atoms with Crippen molar-refractivity contribution in [2.24, 2.45) is 35.5 Å². The van der Waals surface area contributed by atoms with Gasteiger partial charge < -0.3 is 66.0 Å². The Morgan fingerprint density at radius 2 is 1.04 bits per heavy atom. The van der Waals surface area contributed by atoms with Gasteiger partial charge in [-0.3, -0.25) is 52.8 Å². The number of rotatable bonds is 39. The van der Waals surface area contributed by atoms with Crippen LogP contribution in [0.5, 0.6) is 0 Å². The number of nitrogens with zero attached hydrogens (tertiary/aromatic N) is 6. The van der Waals surface area contributed by atoms with Crippen LogP contribution in [0.3, 0.4) is 0 Å². The number of carbonyl (C=O) groups excluding carboxylic acids is 10. The number of aliphatic hydroxyl groups excluding tert-OH is 1. The monoisotopic (exact) mass is 1280 g/mol. The minimum Gasteiger partial charge on any atom is -0.480 e. The fourth-order valence-corrected chi connectivity index (χ4v) is 10.9. The van der Waals surface area contributed by atoms with E-state index in [9.17, 15) is 63.0 Å². The average molecular weight is 1280 g/mol. The van der Waals surface area contributed by atoms with Gasteiger partial charge in [-0.15, -0.1) is 0 Å². The number of hydrogen-bond acceptors (Lipinski definition) is 15. The Bertz CT molecular complexity index is 2420. The molecule has 0 aromatic carbocycles. The van der Waals surface area contributed by atoms with E-state index in [1.807, 2.05) is 67.5 Å². The Morgan fingerprint density at radius 1 is 0.567 bits per heavy atom. The van der Waals surface area contributed by atoms with E-state index in [0.717, 1.165) is 5.06 Å². The molecule has 1 rings (SSSR count). The molecular formula is C64H115N11O15. The third-order valence-electron chi connectivity index (χ3n) is 16.6. The second-order valence-corrected chi connectivity index (χ2v) is 26.3. The number of likely N-dealkylation sites (N-methyl/N-ethyl adjacent to an activating group) is 6. The maximum Gasteiger partial charge on any atom is 0.326 e. The molecule has 0 aromatic rings. The second kappa shape index (κ2) is 38.6. The molecule has 14 atom stereocenters. The molecule has 0 spiro atoms. The van der Waals surface area contributed by atoms with Crippen molar-refractivity contribution < 1.29 is 72.5 Å². The van der Waals surface area contributed by atoms with Crippen LogP contribution in [-0.4, -0.2) is 239 Å². The predicted octanol–water partition coefficient (Wildman–Crippen LogP) is 2.94. The molecule has 1 aliphatic heterocycles. The van der Waals surface area contributed by atoms with Crippen molar-refractivity contribution in [2.75, 3.05) is 55.5 Å². The molecule has 1 heterocycles. The molecule has 90 heavy (non-hydrogen) atoms. The van der Waals surface area contributed by atoms with Gasteiger partial charge in [-0.25, -0.2) is 9.86 Å². The molecule has 0 bridgehead atoms. The fraction of sp³-hybridized carbons (Fsp3) is 0.797. The number of aliphatic hydroxyl groups is 1. The Labute approximate surface area is 536 Å². The van der Waals surface area contributed by atoms with Crippen LogP contribution < -0.4 is 26.6 Å². The van der Waals surface area contributed by atoms with Crippen LogP contribution >= 0.6 is 0 Å². The number of carboxylic acid groups (broad SMARTS) is 1. The normalized spacial score (nSPS) is 18.2. The van der Waals surface area contributed by atoms with E-state index in [0.29, 0.717) is 19.3 Å². The lowest BCUT2D eigenvalue weighted by Crippen LogP contribution is -2.71. The maximum atomic E-state index is 15.0. The molecule has 1 aliphatic rings. The van der Waals surface area contributed by atoms with Crippen LogP contribution in [0.4, 0.5) is 0 Å². The van der Waals surface area contributed by atoms with Gasteiger partial charge in [-0.1, -0.05) is 95.2 Å². The Hall–Kier alpha value is -6.25. The lowest BCUT2D eigenvalue weighted by atomic mass is 9.90. The van der Waals surface area contributed by atoms with E-state index in [2.05, 4.69) is 26.6 Å². The zero-order chi connectivity index (χ0) is 69.5. The van der Waals surface area contributed by atoms with Gasteiger partial charge in [0.05, 0.1) is 12.1 Å². The van der Waals surface area contributed by atoms with Gasteiger partial charge in [0.2, 0.25) is 53.2 Å². The molecule has 26 heteroatoms. The van der Waals surface area contributed by atoms with Gasteiger partial charge in [-0.2, -0.15) is 0 Å². The van der Waals surface area contributed by atoms with Crippen LogP contribution in [0.2, 0.25) is 0 Å². The molecule has 1 saturated heterocycles. The van der Waals surface area contributed by atoms with Crippen molar-refractivity contribution >= 4 is 65.0 Å². The zero-order valence-corrected chi connectivity index (χ0v) is 58.4. The summed E-state index contributed by atoms with van der Waals surface area (Å²) in [6.45, 7) is 29.7. The smallest absolute Gasteiger partial charge is 0.326 e. The summed E-state index contributed by atoms with van der Waals surface area (Å²) >= 11 is 0. The van der Waals surface area contributed by atoms with Crippen molar-refractivity contribution in [3.05, 3.63) is 12.2 Å². The molecule has 0 saturated carbocycles. The summed E-state index contributed by atoms with van der Waals surface area (Å²) in [5, 5.41) is 33.6. The highest BCUT2D eigenvalue weighted by Crippen LogP contribution is 2.34. The van der Waals surface area contributed by atoms with Crippen molar-refractivity contribution in [3.63, 3.8) is 0 Å². The maximum absolute atomic E-state index is 15.0. The van der Waals surface area contributed by atoms with E-state index in [1.54, 1.807) is 55.5 Å². The first-order valence-corrected chi connectivity index (χ1v) is 32.1.